The summed E-state index contributed by atoms with van der Waals surface area (Å²) in [6.07, 6.45) is 8.38. The van der Waals surface area contributed by atoms with Crippen molar-refractivity contribution in [2.45, 2.75) is 64.0 Å². The number of benzene rings is 1. The van der Waals surface area contributed by atoms with Gasteiger partial charge in [-0.05, 0) is 62.3 Å². The number of carbonyl (C=O) groups is 1. The van der Waals surface area contributed by atoms with Crippen molar-refractivity contribution in [3.8, 4) is 11.8 Å². The highest BCUT2D eigenvalue weighted by molar-refractivity contribution is 5.81. The van der Waals surface area contributed by atoms with Crippen molar-refractivity contribution in [1.29, 1.82) is 5.26 Å². The molecule has 4 heteroatoms. The minimum atomic E-state index is -0.526. The van der Waals surface area contributed by atoms with Crippen LogP contribution in [-0.4, -0.2) is 18.1 Å². The van der Waals surface area contributed by atoms with Crippen molar-refractivity contribution in [3.05, 3.63) is 29.8 Å². The molecule has 24 heavy (non-hydrogen) atoms. The van der Waals surface area contributed by atoms with Crippen LogP contribution in [0, 0.1) is 23.2 Å². The molecule has 0 unspecified atom stereocenters. The molecule has 0 radical (unpaired) electrons. The first-order valence-electron chi connectivity index (χ1n) is 9.13. The summed E-state index contributed by atoms with van der Waals surface area (Å²) >= 11 is 0. The molecule has 0 bridgehead atoms. The largest absolute Gasteiger partial charge is 0.481 e. The molecule has 1 aromatic carbocycles. The van der Waals surface area contributed by atoms with E-state index in [1.54, 1.807) is 31.2 Å². The highest BCUT2D eigenvalue weighted by atomic mass is 16.5. The summed E-state index contributed by atoms with van der Waals surface area (Å²) in [4.78, 5) is 12.4. The molecule has 0 heterocycles. The number of hydrogen-bond donors (Lipinski definition) is 1. The van der Waals surface area contributed by atoms with Crippen LogP contribution in [0.15, 0.2) is 24.3 Å². The zero-order valence-corrected chi connectivity index (χ0v) is 14.3. The summed E-state index contributed by atoms with van der Waals surface area (Å²) in [5.74, 6) is 2.26. The van der Waals surface area contributed by atoms with Gasteiger partial charge >= 0.3 is 0 Å². The molecule has 0 aliphatic heterocycles. The first-order valence-corrected chi connectivity index (χ1v) is 9.13. The van der Waals surface area contributed by atoms with Crippen LogP contribution in [0.5, 0.6) is 5.75 Å². The Bertz CT molecular complexity index is 605. The lowest BCUT2D eigenvalue weighted by atomic mass is 9.69. The Morgan fingerprint density at radius 1 is 1.17 bits per heavy atom. The van der Waals surface area contributed by atoms with Gasteiger partial charge in [0.1, 0.15) is 5.75 Å². The fraction of sp³-hybridized carbons (Fsp3) is 0.600. The Hall–Kier alpha value is -2.02. The van der Waals surface area contributed by atoms with Gasteiger partial charge in [0.05, 0.1) is 11.6 Å². The lowest BCUT2D eigenvalue weighted by Crippen LogP contribution is -2.46. The van der Waals surface area contributed by atoms with Gasteiger partial charge in [0.2, 0.25) is 0 Å². The average Bonchev–Trinajstić information content (AvgIpc) is 2.62. The van der Waals surface area contributed by atoms with Crippen LogP contribution in [0.4, 0.5) is 0 Å². The molecule has 2 aliphatic rings. The lowest BCUT2D eigenvalue weighted by molar-refractivity contribution is -0.128. The van der Waals surface area contributed by atoms with Gasteiger partial charge < -0.3 is 10.1 Å². The minimum absolute atomic E-state index is 0.0429. The highest BCUT2D eigenvalue weighted by Gasteiger charge is 2.33. The summed E-state index contributed by atoms with van der Waals surface area (Å²) in [5.41, 5.74) is 0.587. The van der Waals surface area contributed by atoms with Crippen LogP contribution in [0.3, 0.4) is 0 Å². The van der Waals surface area contributed by atoms with E-state index in [0.717, 1.165) is 24.7 Å². The maximum absolute atomic E-state index is 12.4. The number of rotatable bonds is 4. The van der Waals surface area contributed by atoms with E-state index in [1.165, 1.54) is 32.1 Å². The first-order chi connectivity index (χ1) is 11.7. The number of nitrogens with zero attached hydrogens (tertiary/aromatic N) is 1. The zero-order chi connectivity index (χ0) is 16.9. The Morgan fingerprint density at radius 2 is 1.88 bits per heavy atom. The predicted molar refractivity (Wildman–Crippen MR) is 92.5 cm³/mol. The van der Waals surface area contributed by atoms with E-state index in [9.17, 15) is 4.79 Å². The average molecular weight is 326 g/mol. The third-order valence-electron chi connectivity index (χ3n) is 5.55. The van der Waals surface area contributed by atoms with Crippen LogP contribution in [0.1, 0.15) is 57.4 Å². The molecule has 3 rings (SSSR count). The fourth-order valence-electron chi connectivity index (χ4n) is 4.19. The van der Waals surface area contributed by atoms with E-state index >= 15 is 0 Å². The first kappa shape index (κ1) is 16.8. The van der Waals surface area contributed by atoms with E-state index in [4.69, 9.17) is 10.00 Å². The van der Waals surface area contributed by atoms with E-state index in [1.807, 2.05) is 0 Å². The van der Waals surface area contributed by atoms with E-state index in [2.05, 4.69) is 11.4 Å². The second kappa shape index (κ2) is 7.70. The highest BCUT2D eigenvalue weighted by Crippen LogP contribution is 2.40. The van der Waals surface area contributed by atoms with Gasteiger partial charge in [0, 0.05) is 6.04 Å². The second-order valence-corrected chi connectivity index (χ2v) is 7.22. The van der Waals surface area contributed by atoms with Gasteiger partial charge in [0.15, 0.2) is 6.10 Å². The molecular weight excluding hydrogens is 300 g/mol. The number of hydrogen-bond acceptors (Lipinski definition) is 3. The van der Waals surface area contributed by atoms with Gasteiger partial charge in [0.25, 0.3) is 5.91 Å². The van der Waals surface area contributed by atoms with E-state index in [-0.39, 0.29) is 5.91 Å². The Balaban J connectivity index is 1.49. The quantitative estimate of drug-likeness (QED) is 0.915. The Labute approximate surface area is 144 Å². The maximum atomic E-state index is 12.4. The van der Waals surface area contributed by atoms with E-state index < -0.39 is 6.10 Å². The molecule has 2 saturated carbocycles. The molecule has 0 spiro atoms. The minimum Gasteiger partial charge on any atom is -0.481 e. The smallest absolute Gasteiger partial charge is 0.260 e. The number of fused-ring (bicyclic) bond motifs is 1. The molecule has 0 aromatic heterocycles. The number of nitriles is 1. The molecular formula is C20H26N2O2. The van der Waals surface area contributed by atoms with Crippen LogP contribution < -0.4 is 10.1 Å². The summed E-state index contributed by atoms with van der Waals surface area (Å²) < 4.78 is 5.70. The van der Waals surface area contributed by atoms with Crippen LogP contribution in [0.2, 0.25) is 0 Å². The van der Waals surface area contributed by atoms with Gasteiger partial charge in [-0.15, -0.1) is 0 Å². The molecule has 4 atom stereocenters. The van der Waals surface area contributed by atoms with Crippen molar-refractivity contribution in [2.75, 3.05) is 0 Å². The van der Waals surface area contributed by atoms with Crippen molar-refractivity contribution in [2.24, 2.45) is 11.8 Å². The Kier molecular flexibility index (Phi) is 5.40. The second-order valence-electron chi connectivity index (χ2n) is 7.22. The maximum Gasteiger partial charge on any atom is 0.260 e. The van der Waals surface area contributed by atoms with Crippen LogP contribution >= 0.6 is 0 Å². The van der Waals surface area contributed by atoms with E-state index in [0.29, 0.717) is 17.4 Å². The standard InChI is InChI=1S/C20H26N2O2/c1-14(24-19-10-6-15(13-21)7-11-19)20(23)22-18-9-8-16-4-2-3-5-17(16)12-18/h6-7,10-11,14,16-18H,2-5,8-9,12H2,1H3,(H,22,23)/t14-,16+,17+,18+/m0/s1. The normalized spacial score (nSPS) is 27.4. The zero-order valence-electron chi connectivity index (χ0n) is 14.3. The Morgan fingerprint density at radius 3 is 2.58 bits per heavy atom. The van der Waals surface area contributed by atoms with Crippen LogP contribution in [0.25, 0.3) is 0 Å². The monoisotopic (exact) mass is 326 g/mol. The molecule has 1 N–H and O–H groups in total. The number of amides is 1. The van der Waals surface area contributed by atoms with Gasteiger partial charge in [-0.3, -0.25) is 4.79 Å². The molecule has 0 saturated heterocycles. The van der Waals surface area contributed by atoms with Gasteiger partial charge in [-0.1, -0.05) is 25.7 Å². The number of ether oxygens (including phenoxy) is 1. The van der Waals surface area contributed by atoms with Crippen molar-refractivity contribution >= 4 is 5.91 Å². The lowest BCUT2D eigenvalue weighted by Gasteiger charge is -2.39. The fourth-order valence-corrected chi connectivity index (χ4v) is 4.19. The third kappa shape index (κ3) is 4.08. The van der Waals surface area contributed by atoms with Gasteiger partial charge in [-0.2, -0.15) is 5.26 Å². The van der Waals surface area contributed by atoms with Crippen molar-refractivity contribution in [3.63, 3.8) is 0 Å². The molecule has 2 aliphatic carbocycles. The summed E-state index contributed by atoms with van der Waals surface area (Å²) in [5, 5.41) is 12.0. The molecule has 1 aromatic rings. The SMILES string of the molecule is C[C@H](Oc1ccc(C#N)cc1)C(=O)N[C@@H]1CC[C@H]2CCCC[C@@H]2C1. The predicted octanol–water partition coefficient (Wildman–Crippen LogP) is 3.80. The number of nitrogens with one attached hydrogen (secondary N) is 1. The van der Waals surface area contributed by atoms with Crippen molar-refractivity contribution < 1.29 is 9.53 Å². The summed E-state index contributed by atoms with van der Waals surface area (Å²) in [7, 11) is 0. The topological polar surface area (TPSA) is 62.1 Å². The molecule has 128 valence electrons. The van der Waals surface area contributed by atoms with Gasteiger partial charge in [-0.25, -0.2) is 0 Å². The van der Waals surface area contributed by atoms with Crippen molar-refractivity contribution in [1.82, 2.24) is 5.32 Å². The molecule has 1 amide bonds. The van der Waals surface area contributed by atoms with Crippen LogP contribution in [-0.2, 0) is 4.79 Å². The number of carbonyl (C=O) groups excluding carboxylic acids is 1. The molecule has 2 fully saturated rings. The summed E-state index contributed by atoms with van der Waals surface area (Å²) in [6, 6.07) is 9.23. The summed E-state index contributed by atoms with van der Waals surface area (Å²) in [6.45, 7) is 1.78. The molecule has 4 nitrogen and oxygen atoms in total. The third-order valence-corrected chi connectivity index (χ3v) is 5.55.